The molecule has 0 aromatic rings. The molecular weight excluding hydrogens is 314 g/mol. The number of hydrogen-bond donors (Lipinski definition) is 2. The highest BCUT2D eigenvalue weighted by atomic mass is 16.4. The van der Waals surface area contributed by atoms with Gasteiger partial charge in [-0.1, -0.05) is 84.5 Å². The summed E-state index contributed by atoms with van der Waals surface area (Å²) in [5.74, 6) is -0.880. The lowest BCUT2D eigenvalue weighted by molar-refractivity contribution is -0.141. The first-order valence-electron chi connectivity index (χ1n) is 10.6. The van der Waals surface area contributed by atoms with Crippen molar-refractivity contribution in [1.29, 1.82) is 0 Å². The first-order chi connectivity index (χ1) is 12.1. The van der Waals surface area contributed by atoms with Crippen LogP contribution in [-0.2, 0) is 9.59 Å². The van der Waals surface area contributed by atoms with Crippen LogP contribution in [0.15, 0.2) is 0 Å². The molecule has 148 valence electrons. The zero-order valence-electron chi connectivity index (χ0n) is 16.7. The van der Waals surface area contributed by atoms with E-state index in [-0.39, 0.29) is 11.8 Å². The minimum Gasteiger partial charge on any atom is -0.481 e. The summed E-state index contributed by atoms with van der Waals surface area (Å²) < 4.78 is 0. The largest absolute Gasteiger partial charge is 0.481 e. The van der Waals surface area contributed by atoms with E-state index >= 15 is 0 Å². The van der Waals surface area contributed by atoms with Crippen molar-refractivity contribution in [1.82, 2.24) is 5.32 Å². The zero-order valence-corrected chi connectivity index (χ0v) is 16.7. The van der Waals surface area contributed by atoms with E-state index in [1.54, 1.807) is 6.92 Å². The molecule has 1 amide bonds. The van der Waals surface area contributed by atoms with Crippen LogP contribution in [0.2, 0.25) is 0 Å². The summed E-state index contributed by atoms with van der Waals surface area (Å²) >= 11 is 0. The first-order valence-corrected chi connectivity index (χ1v) is 10.6. The van der Waals surface area contributed by atoms with Gasteiger partial charge in [0.05, 0.1) is 5.92 Å². The van der Waals surface area contributed by atoms with Gasteiger partial charge in [0.1, 0.15) is 0 Å². The quantitative estimate of drug-likeness (QED) is 0.310. The highest BCUT2D eigenvalue weighted by molar-refractivity contribution is 5.75. The summed E-state index contributed by atoms with van der Waals surface area (Å²) in [6.45, 7) is 4.65. The summed E-state index contributed by atoms with van der Waals surface area (Å²) in [4.78, 5) is 22.4. The lowest BCUT2D eigenvalue weighted by Gasteiger charge is -2.07. The molecule has 0 spiro atoms. The van der Waals surface area contributed by atoms with E-state index in [0.717, 1.165) is 25.7 Å². The van der Waals surface area contributed by atoms with Crippen molar-refractivity contribution in [2.45, 2.75) is 110 Å². The van der Waals surface area contributed by atoms with Crippen LogP contribution in [0.3, 0.4) is 0 Å². The number of hydrogen-bond acceptors (Lipinski definition) is 2. The monoisotopic (exact) mass is 355 g/mol. The van der Waals surface area contributed by atoms with Gasteiger partial charge in [0.15, 0.2) is 0 Å². The molecule has 0 aliphatic carbocycles. The van der Waals surface area contributed by atoms with Crippen LogP contribution >= 0.6 is 0 Å². The molecule has 0 rings (SSSR count). The lowest BCUT2D eigenvalue weighted by Crippen LogP contribution is -2.24. The molecule has 0 aliphatic rings. The lowest BCUT2D eigenvalue weighted by atomic mass is 10.0. The smallest absolute Gasteiger partial charge is 0.306 e. The van der Waals surface area contributed by atoms with Gasteiger partial charge in [-0.3, -0.25) is 9.59 Å². The van der Waals surface area contributed by atoms with Crippen molar-refractivity contribution in [2.75, 3.05) is 6.54 Å². The fraction of sp³-hybridized carbons (Fsp3) is 0.905. The number of carbonyl (C=O) groups excluding carboxylic acids is 1. The van der Waals surface area contributed by atoms with Crippen LogP contribution < -0.4 is 5.32 Å². The molecule has 0 aromatic heterocycles. The first kappa shape index (κ1) is 23.9. The number of carboxylic acids is 1. The Morgan fingerprint density at radius 3 is 1.84 bits per heavy atom. The fourth-order valence-corrected chi connectivity index (χ4v) is 2.96. The summed E-state index contributed by atoms with van der Waals surface area (Å²) in [6, 6.07) is 0. The molecule has 0 saturated heterocycles. The summed E-state index contributed by atoms with van der Waals surface area (Å²) in [5.41, 5.74) is 0. The maximum Gasteiger partial charge on any atom is 0.306 e. The van der Waals surface area contributed by atoms with E-state index in [4.69, 9.17) is 5.11 Å². The number of aliphatic carboxylic acids is 1. The number of unbranched alkanes of at least 4 members (excludes halogenated alkanes) is 11. The van der Waals surface area contributed by atoms with Crippen molar-refractivity contribution in [3.8, 4) is 0 Å². The van der Waals surface area contributed by atoms with Crippen molar-refractivity contribution in [2.24, 2.45) is 5.92 Å². The molecule has 2 N–H and O–H groups in total. The van der Waals surface area contributed by atoms with Gasteiger partial charge in [-0.15, -0.1) is 0 Å². The van der Waals surface area contributed by atoms with Gasteiger partial charge in [0.2, 0.25) is 5.91 Å². The van der Waals surface area contributed by atoms with Crippen LogP contribution in [-0.4, -0.2) is 23.5 Å². The van der Waals surface area contributed by atoms with E-state index < -0.39 is 5.97 Å². The van der Waals surface area contributed by atoms with Crippen LogP contribution in [0.1, 0.15) is 110 Å². The van der Waals surface area contributed by atoms with Crippen molar-refractivity contribution >= 4 is 11.9 Å². The molecule has 4 heteroatoms. The Hall–Kier alpha value is -1.06. The molecule has 0 radical (unpaired) electrons. The van der Waals surface area contributed by atoms with Crippen molar-refractivity contribution < 1.29 is 14.7 Å². The van der Waals surface area contributed by atoms with Gasteiger partial charge >= 0.3 is 5.97 Å². The third-order valence-corrected chi connectivity index (χ3v) is 4.82. The van der Waals surface area contributed by atoms with Gasteiger partial charge in [-0.05, 0) is 19.3 Å². The predicted molar refractivity (Wildman–Crippen MR) is 105 cm³/mol. The minimum absolute atomic E-state index is 0.141. The van der Waals surface area contributed by atoms with Gasteiger partial charge < -0.3 is 10.4 Å². The second kappa shape index (κ2) is 17.8. The van der Waals surface area contributed by atoms with E-state index in [1.165, 1.54) is 57.8 Å². The Kier molecular flexibility index (Phi) is 17.0. The maximum atomic E-state index is 11.7. The van der Waals surface area contributed by atoms with E-state index in [9.17, 15) is 9.59 Å². The molecule has 0 aliphatic heterocycles. The summed E-state index contributed by atoms with van der Waals surface area (Å²) in [6.07, 6.45) is 17.3. The predicted octanol–water partition coefficient (Wildman–Crippen LogP) is 5.69. The number of carboxylic acid groups (broad SMARTS) is 1. The maximum absolute atomic E-state index is 11.7. The number of rotatable bonds is 18. The van der Waals surface area contributed by atoms with Crippen LogP contribution in [0.25, 0.3) is 0 Å². The molecule has 25 heavy (non-hydrogen) atoms. The van der Waals surface area contributed by atoms with Crippen molar-refractivity contribution in [3.05, 3.63) is 0 Å². The van der Waals surface area contributed by atoms with Gasteiger partial charge in [0, 0.05) is 13.0 Å². The van der Waals surface area contributed by atoms with Crippen LogP contribution in [0.5, 0.6) is 0 Å². The van der Waals surface area contributed by atoms with Gasteiger partial charge in [-0.2, -0.15) is 0 Å². The minimum atomic E-state index is -0.736. The normalized spacial score (nSPS) is 12.1. The second-order valence-corrected chi connectivity index (χ2v) is 7.37. The van der Waals surface area contributed by atoms with E-state index in [2.05, 4.69) is 12.2 Å². The molecule has 0 saturated carbocycles. The van der Waals surface area contributed by atoms with Crippen molar-refractivity contribution in [3.63, 3.8) is 0 Å². The second-order valence-electron chi connectivity index (χ2n) is 7.37. The van der Waals surface area contributed by atoms with E-state index in [1.807, 2.05) is 0 Å². The summed E-state index contributed by atoms with van der Waals surface area (Å²) in [7, 11) is 0. The Morgan fingerprint density at radius 1 is 0.800 bits per heavy atom. The standard InChI is InChI=1S/C21H41NO3/c1-3-4-5-6-7-8-9-10-11-12-13-17-20(23)22-18-15-14-16-19(2)21(24)25/h19H,3-18H2,1-2H3,(H,22,23)(H,24,25). The number of amides is 1. The van der Waals surface area contributed by atoms with Crippen LogP contribution in [0.4, 0.5) is 0 Å². The Balaban J connectivity index is 3.24. The third kappa shape index (κ3) is 17.6. The highest BCUT2D eigenvalue weighted by Gasteiger charge is 2.09. The Bertz CT molecular complexity index is 331. The molecule has 0 bridgehead atoms. The Morgan fingerprint density at radius 2 is 1.32 bits per heavy atom. The van der Waals surface area contributed by atoms with Gasteiger partial charge in [0.25, 0.3) is 0 Å². The zero-order chi connectivity index (χ0) is 18.8. The molecular formula is C21H41NO3. The third-order valence-electron chi connectivity index (χ3n) is 4.82. The molecule has 0 aromatic carbocycles. The molecule has 1 unspecified atom stereocenters. The molecule has 0 heterocycles. The SMILES string of the molecule is CCCCCCCCCCCCCC(=O)NCCCCC(C)C(=O)O. The molecule has 0 fully saturated rings. The topological polar surface area (TPSA) is 66.4 Å². The average molecular weight is 356 g/mol. The molecule has 4 nitrogen and oxygen atoms in total. The average Bonchev–Trinajstić information content (AvgIpc) is 2.59. The Labute approximate surface area is 155 Å². The summed E-state index contributed by atoms with van der Waals surface area (Å²) in [5, 5.41) is 11.7. The fourth-order valence-electron chi connectivity index (χ4n) is 2.96. The number of carbonyl (C=O) groups is 2. The number of nitrogens with one attached hydrogen (secondary N) is 1. The van der Waals surface area contributed by atoms with E-state index in [0.29, 0.717) is 19.4 Å². The highest BCUT2D eigenvalue weighted by Crippen LogP contribution is 2.12. The van der Waals surface area contributed by atoms with Gasteiger partial charge in [-0.25, -0.2) is 0 Å². The molecule has 1 atom stereocenters. The van der Waals surface area contributed by atoms with Crippen LogP contribution in [0, 0.1) is 5.92 Å².